The van der Waals surface area contributed by atoms with Gasteiger partial charge < -0.3 is 29.4 Å². The molecule has 3 rings (SSSR count). The fourth-order valence-electron chi connectivity index (χ4n) is 3.01. The SMILES string of the molecule is CC1(C)O[C@H]2[C@@H](CO[C@]3(CN)OC(C)(C)O[C@@H]23)O1. The van der Waals surface area contributed by atoms with Crippen molar-refractivity contribution in [2.75, 3.05) is 13.2 Å². The van der Waals surface area contributed by atoms with E-state index in [1.165, 1.54) is 0 Å². The zero-order chi connectivity index (χ0) is 13.2. The lowest BCUT2D eigenvalue weighted by Gasteiger charge is -2.39. The summed E-state index contributed by atoms with van der Waals surface area (Å²) in [6.45, 7) is 8.10. The van der Waals surface area contributed by atoms with Crippen LogP contribution in [0.5, 0.6) is 0 Å². The minimum atomic E-state index is -0.922. The third kappa shape index (κ3) is 1.79. The molecule has 0 amide bonds. The molecule has 2 N–H and O–H groups in total. The molecule has 4 atom stereocenters. The third-order valence-electron chi connectivity index (χ3n) is 3.56. The minimum Gasteiger partial charge on any atom is -0.343 e. The van der Waals surface area contributed by atoms with Crippen molar-refractivity contribution in [3.8, 4) is 0 Å². The van der Waals surface area contributed by atoms with E-state index in [9.17, 15) is 0 Å². The van der Waals surface area contributed by atoms with Crippen LogP contribution < -0.4 is 5.73 Å². The van der Waals surface area contributed by atoms with E-state index in [-0.39, 0.29) is 24.9 Å². The van der Waals surface area contributed by atoms with E-state index in [1.54, 1.807) is 0 Å². The van der Waals surface area contributed by atoms with Crippen LogP contribution in [0.2, 0.25) is 0 Å². The van der Waals surface area contributed by atoms with Gasteiger partial charge in [0.1, 0.15) is 18.3 Å². The molecule has 3 aliphatic heterocycles. The second-order valence-electron chi connectivity index (χ2n) is 6.01. The first-order chi connectivity index (χ1) is 8.27. The maximum absolute atomic E-state index is 5.92. The Morgan fingerprint density at radius 1 is 1.06 bits per heavy atom. The Morgan fingerprint density at radius 3 is 2.44 bits per heavy atom. The van der Waals surface area contributed by atoms with E-state index in [1.807, 2.05) is 27.7 Å². The number of hydrogen-bond donors (Lipinski definition) is 1. The largest absolute Gasteiger partial charge is 0.343 e. The topological polar surface area (TPSA) is 72.2 Å². The molecule has 0 radical (unpaired) electrons. The van der Waals surface area contributed by atoms with Crippen molar-refractivity contribution < 1.29 is 23.7 Å². The summed E-state index contributed by atoms with van der Waals surface area (Å²) in [5.41, 5.74) is 5.82. The van der Waals surface area contributed by atoms with Gasteiger partial charge in [0.15, 0.2) is 11.6 Å². The van der Waals surface area contributed by atoms with Gasteiger partial charge in [-0.05, 0) is 27.7 Å². The van der Waals surface area contributed by atoms with Crippen LogP contribution in [-0.2, 0) is 23.7 Å². The Bertz CT molecular complexity index is 358. The summed E-state index contributed by atoms with van der Waals surface area (Å²) >= 11 is 0. The fraction of sp³-hybridized carbons (Fsp3) is 1.00. The van der Waals surface area contributed by atoms with Crippen LogP contribution >= 0.6 is 0 Å². The van der Waals surface area contributed by atoms with Gasteiger partial charge in [0.2, 0.25) is 5.79 Å². The van der Waals surface area contributed by atoms with E-state index in [4.69, 9.17) is 29.4 Å². The normalized spacial score (nSPS) is 48.8. The smallest absolute Gasteiger partial charge is 0.213 e. The molecule has 0 aromatic rings. The second-order valence-corrected chi connectivity index (χ2v) is 6.01. The zero-order valence-corrected chi connectivity index (χ0v) is 11.3. The molecule has 0 spiro atoms. The molecular formula is C12H21NO5. The predicted octanol–water partition coefficient (Wildman–Crippen LogP) is 0.343. The van der Waals surface area contributed by atoms with E-state index >= 15 is 0 Å². The quantitative estimate of drug-likeness (QED) is 0.732. The average molecular weight is 259 g/mol. The Kier molecular flexibility index (Phi) is 2.59. The Hall–Kier alpha value is -0.240. The Morgan fingerprint density at radius 2 is 1.78 bits per heavy atom. The predicted molar refractivity (Wildman–Crippen MR) is 61.6 cm³/mol. The van der Waals surface area contributed by atoms with E-state index in [2.05, 4.69) is 0 Å². The first-order valence-corrected chi connectivity index (χ1v) is 6.35. The van der Waals surface area contributed by atoms with Crippen molar-refractivity contribution in [1.29, 1.82) is 0 Å². The van der Waals surface area contributed by atoms with Crippen LogP contribution in [0.3, 0.4) is 0 Å². The summed E-state index contributed by atoms with van der Waals surface area (Å²) in [4.78, 5) is 0. The average Bonchev–Trinajstić information content (AvgIpc) is 2.70. The van der Waals surface area contributed by atoms with Gasteiger partial charge in [0.05, 0.1) is 13.2 Å². The lowest BCUT2D eigenvalue weighted by atomic mass is 9.97. The van der Waals surface area contributed by atoms with Crippen molar-refractivity contribution in [3.05, 3.63) is 0 Å². The lowest BCUT2D eigenvalue weighted by molar-refractivity contribution is -0.274. The van der Waals surface area contributed by atoms with Gasteiger partial charge in [0, 0.05) is 0 Å². The molecule has 6 nitrogen and oxygen atoms in total. The Balaban J connectivity index is 1.90. The molecule has 18 heavy (non-hydrogen) atoms. The standard InChI is InChI=1S/C12H21NO5/c1-10(2)15-7-5-14-12(6-13)9(8(7)16-10)17-11(3,4)18-12/h7-9H,5-6,13H2,1-4H3/t7-,8+,9+,12-/m1/s1. The van der Waals surface area contributed by atoms with Crippen molar-refractivity contribution >= 4 is 0 Å². The molecular weight excluding hydrogens is 238 g/mol. The van der Waals surface area contributed by atoms with Gasteiger partial charge in [-0.15, -0.1) is 0 Å². The number of fused-ring (bicyclic) bond motifs is 3. The van der Waals surface area contributed by atoms with E-state index < -0.39 is 17.4 Å². The molecule has 6 heteroatoms. The van der Waals surface area contributed by atoms with Gasteiger partial charge in [-0.25, -0.2) is 0 Å². The molecule has 0 bridgehead atoms. The zero-order valence-electron chi connectivity index (χ0n) is 11.3. The van der Waals surface area contributed by atoms with Crippen molar-refractivity contribution in [1.82, 2.24) is 0 Å². The van der Waals surface area contributed by atoms with Crippen LogP contribution in [-0.4, -0.2) is 48.8 Å². The van der Waals surface area contributed by atoms with Crippen molar-refractivity contribution in [2.24, 2.45) is 5.73 Å². The molecule has 3 fully saturated rings. The molecule has 104 valence electrons. The van der Waals surface area contributed by atoms with Crippen LogP contribution in [0.15, 0.2) is 0 Å². The summed E-state index contributed by atoms with van der Waals surface area (Å²) in [6.07, 6.45) is -0.709. The maximum Gasteiger partial charge on any atom is 0.213 e. The van der Waals surface area contributed by atoms with Crippen molar-refractivity contribution in [2.45, 2.75) is 63.4 Å². The number of nitrogens with two attached hydrogens (primary N) is 1. The summed E-state index contributed by atoms with van der Waals surface area (Å²) < 4.78 is 29.3. The van der Waals surface area contributed by atoms with Crippen LogP contribution in [0.1, 0.15) is 27.7 Å². The number of hydrogen-bond acceptors (Lipinski definition) is 6. The molecule has 0 aromatic carbocycles. The number of rotatable bonds is 1. The highest BCUT2D eigenvalue weighted by Crippen LogP contribution is 2.46. The third-order valence-corrected chi connectivity index (χ3v) is 3.56. The van der Waals surface area contributed by atoms with Crippen LogP contribution in [0, 0.1) is 0 Å². The fourth-order valence-corrected chi connectivity index (χ4v) is 3.01. The minimum absolute atomic E-state index is 0.137. The molecule has 3 heterocycles. The molecule has 3 saturated heterocycles. The highest BCUT2D eigenvalue weighted by Gasteiger charge is 2.64. The van der Waals surface area contributed by atoms with E-state index in [0.29, 0.717) is 6.61 Å². The molecule has 3 aliphatic rings. The van der Waals surface area contributed by atoms with Gasteiger partial charge in [-0.3, -0.25) is 0 Å². The Labute approximate surface area is 107 Å². The summed E-state index contributed by atoms with van der Waals surface area (Å²) in [7, 11) is 0. The number of ether oxygens (including phenoxy) is 5. The van der Waals surface area contributed by atoms with Gasteiger partial charge >= 0.3 is 0 Å². The van der Waals surface area contributed by atoms with Crippen LogP contribution in [0.4, 0.5) is 0 Å². The molecule has 0 aliphatic carbocycles. The van der Waals surface area contributed by atoms with Gasteiger partial charge in [-0.2, -0.15) is 0 Å². The first kappa shape index (κ1) is 12.8. The molecule has 0 aromatic heterocycles. The summed E-state index contributed by atoms with van der Waals surface area (Å²) in [6, 6.07) is 0. The second kappa shape index (κ2) is 3.65. The lowest BCUT2D eigenvalue weighted by Crippen LogP contribution is -2.61. The van der Waals surface area contributed by atoms with Crippen molar-refractivity contribution in [3.63, 3.8) is 0 Å². The first-order valence-electron chi connectivity index (χ1n) is 6.35. The maximum atomic E-state index is 5.92. The van der Waals surface area contributed by atoms with Gasteiger partial charge in [-0.1, -0.05) is 0 Å². The van der Waals surface area contributed by atoms with E-state index in [0.717, 1.165) is 0 Å². The summed E-state index contributed by atoms with van der Waals surface area (Å²) in [5, 5.41) is 0. The van der Waals surface area contributed by atoms with Crippen LogP contribution in [0.25, 0.3) is 0 Å². The molecule has 0 saturated carbocycles. The monoisotopic (exact) mass is 259 g/mol. The summed E-state index contributed by atoms with van der Waals surface area (Å²) in [5.74, 6) is -2.27. The van der Waals surface area contributed by atoms with Gasteiger partial charge in [0.25, 0.3) is 0 Å². The highest BCUT2D eigenvalue weighted by molar-refractivity contribution is 5.03. The molecule has 0 unspecified atom stereocenters. The highest BCUT2D eigenvalue weighted by atomic mass is 16.9.